The number of hydrogen-bond donors (Lipinski definition) is 2. The molecule has 1 aliphatic rings. The molecule has 1 heterocycles. The molecule has 1 atom stereocenters. The van der Waals surface area contributed by atoms with E-state index in [9.17, 15) is 0 Å². The van der Waals surface area contributed by atoms with Crippen LogP contribution in [0.5, 0.6) is 0 Å². The first-order valence-electron chi connectivity index (χ1n) is 6.76. The fraction of sp³-hybridized carbons (Fsp3) is 0.571. The summed E-state index contributed by atoms with van der Waals surface area (Å²) in [4.78, 5) is 2.34. The maximum absolute atomic E-state index is 6.01. The molecule has 0 saturated carbocycles. The van der Waals surface area contributed by atoms with E-state index in [0.29, 0.717) is 6.54 Å². The summed E-state index contributed by atoms with van der Waals surface area (Å²) in [5.41, 5.74) is 11.9. The number of nitrogens with zero attached hydrogens (tertiary/aromatic N) is 2. The minimum atomic E-state index is 0.153. The quantitative estimate of drug-likeness (QED) is 0.876. The summed E-state index contributed by atoms with van der Waals surface area (Å²) in [6.07, 6.45) is 0. The van der Waals surface area contributed by atoms with Gasteiger partial charge in [0.25, 0.3) is 0 Å². The van der Waals surface area contributed by atoms with Crippen molar-refractivity contribution in [3.8, 4) is 0 Å². The first-order chi connectivity index (χ1) is 9.10. The summed E-state index contributed by atoms with van der Waals surface area (Å²) in [6, 6.07) is 6.14. The van der Waals surface area contributed by atoms with Crippen molar-refractivity contribution >= 4 is 11.6 Å². The molecule has 0 bridgehead atoms. The summed E-state index contributed by atoms with van der Waals surface area (Å²) in [6.45, 7) is 6.89. The minimum Gasteiger partial charge on any atom is -0.329 e. The monoisotopic (exact) mass is 282 g/mol. The van der Waals surface area contributed by atoms with Crippen LogP contribution in [0, 0.1) is 6.92 Å². The normalized spacial score (nSPS) is 19.6. The summed E-state index contributed by atoms with van der Waals surface area (Å²) in [7, 11) is 2.15. The first kappa shape index (κ1) is 14.8. The first-order valence-corrected chi connectivity index (χ1v) is 7.13. The Morgan fingerprint density at radius 3 is 2.58 bits per heavy atom. The molecule has 1 saturated heterocycles. The molecule has 5 heteroatoms. The smallest absolute Gasteiger partial charge is 0.0589 e. The Kier molecular flexibility index (Phi) is 5.19. The summed E-state index contributed by atoms with van der Waals surface area (Å²) >= 11 is 6.01. The molecule has 1 aliphatic heterocycles. The predicted molar refractivity (Wildman–Crippen MR) is 80.2 cm³/mol. The zero-order valence-electron chi connectivity index (χ0n) is 11.7. The van der Waals surface area contributed by atoms with Crippen LogP contribution < -0.4 is 11.2 Å². The molecule has 106 valence electrons. The molecule has 1 aromatic rings. The van der Waals surface area contributed by atoms with Gasteiger partial charge in [-0.15, -0.1) is 0 Å². The Balaban J connectivity index is 2.03. The Morgan fingerprint density at radius 2 is 2.00 bits per heavy atom. The Labute approximate surface area is 120 Å². The number of rotatable bonds is 4. The zero-order valence-corrected chi connectivity index (χ0v) is 12.5. The molecular formula is C14H23ClN4. The maximum atomic E-state index is 6.01. The molecule has 0 aromatic heterocycles. The fourth-order valence-electron chi connectivity index (χ4n) is 2.44. The van der Waals surface area contributed by atoms with E-state index in [1.165, 1.54) is 11.1 Å². The Hall–Kier alpha value is -0.650. The van der Waals surface area contributed by atoms with Gasteiger partial charge in [0.1, 0.15) is 0 Å². The molecule has 0 aliphatic carbocycles. The van der Waals surface area contributed by atoms with Crippen molar-refractivity contribution in [2.24, 2.45) is 5.73 Å². The molecule has 19 heavy (non-hydrogen) atoms. The van der Waals surface area contributed by atoms with Crippen LogP contribution in [0.3, 0.4) is 0 Å². The van der Waals surface area contributed by atoms with E-state index in [1.807, 2.05) is 12.1 Å². The number of hydrogen-bond acceptors (Lipinski definition) is 4. The van der Waals surface area contributed by atoms with E-state index in [-0.39, 0.29) is 6.04 Å². The van der Waals surface area contributed by atoms with Gasteiger partial charge < -0.3 is 10.6 Å². The highest BCUT2D eigenvalue weighted by atomic mass is 35.5. The molecule has 2 rings (SSSR count). The molecule has 0 amide bonds. The second-order valence-corrected chi connectivity index (χ2v) is 5.65. The van der Waals surface area contributed by atoms with Crippen molar-refractivity contribution in [1.29, 1.82) is 0 Å². The summed E-state index contributed by atoms with van der Waals surface area (Å²) in [5, 5.41) is 3.04. The van der Waals surface area contributed by atoms with Crippen molar-refractivity contribution in [1.82, 2.24) is 15.3 Å². The zero-order chi connectivity index (χ0) is 13.8. The highest BCUT2D eigenvalue weighted by molar-refractivity contribution is 6.30. The van der Waals surface area contributed by atoms with Gasteiger partial charge >= 0.3 is 0 Å². The lowest BCUT2D eigenvalue weighted by Crippen LogP contribution is -2.52. The van der Waals surface area contributed by atoms with E-state index < -0.39 is 0 Å². The van der Waals surface area contributed by atoms with Crippen LogP contribution in [-0.4, -0.2) is 49.7 Å². The molecule has 3 N–H and O–H groups in total. The number of piperazine rings is 1. The number of likely N-dealkylation sites (N-methyl/N-ethyl adjacent to an activating group) is 1. The number of nitrogens with two attached hydrogens (primary N) is 1. The predicted octanol–water partition coefficient (Wildman–Crippen LogP) is 1.40. The number of aryl methyl sites for hydroxylation is 1. The average Bonchev–Trinajstić information content (AvgIpc) is 2.39. The highest BCUT2D eigenvalue weighted by Crippen LogP contribution is 2.21. The average molecular weight is 283 g/mol. The third-order valence-corrected chi connectivity index (χ3v) is 3.92. The molecule has 4 nitrogen and oxygen atoms in total. The summed E-state index contributed by atoms with van der Waals surface area (Å²) in [5.74, 6) is 0. The molecule has 0 radical (unpaired) electrons. The standard InChI is InChI=1S/C14H23ClN4/c1-11-9-12(15)3-4-13(11)14(10-16)17-19-7-5-18(2)6-8-19/h3-4,9,14,17H,5-8,10,16H2,1-2H3. The fourth-order valence-corrected chi connectivity index (χ4v) is 2.66. The van der Waals surface area contributed by atoms with E-state index in [4.69, 9.17) is 17.3 Å². The number of nitrogens with one attached hydrogen (secondary N) is 1. The molecule has 1 aromatic carbocycles. The lowest BCUT2D eigenvalue weighted by atomic mass is 10.0. The second kappa shape index (κ2) is 6.68. The van der Waals surface area contributed by atoms with Gasteiger partial charge in [0.05, 0.1) is 6.04 Å². The lowest BCUT2D eigenvalue weighted by molar-refractivity contribution is 0.0879. The van der Waals surface area contributed by atoms with Crippen LogP contribution >= 0.6 is 11.6 Å². The van der Waals surface area contributed by atoms with Crippen LogP contribution in [0.1, 0.15) is 17.2 Å². The van der Waals surface area contributed by atoms with E-state index in [1.54, 1.807) is 0 Å². The van der Waals surface area contributed by atoms with Crippen molar-refractivity contribution in [2.45, 2.75) is 13.0 Å². The van der Waals surface area contributed by atoms with Crippen molar-refractivity contribution in [3.05, 3.63) is 34.3 Å². The molecule has 0 spiro atoms. The van der Waals surface area contributed by atoms with Gasteiger partial charge in [-0.05, 0) is 37.2 Å². The van der Waals surface area contributed by atoms with Gasteiger partial charge in [0, 0.05) is 37.7 Å². The Morgan fingerprint density at radius 1 is 1.32 bits per heavy atom. The SMILES string of the molecule is Cc1cc(Cl)ccc1C(CN)NN1CCN(C)CC1. The van der Waals surface area contributed by atoms with Gasteiger partial charge in [-0.2, -0.15) is 0 Å². The molecule has 1 unspecified atom stereocenters. The number of benzene rings is 1. The highest BCUT2D eigenvalue weighted by Gasteiger charge is 2.19. The lowest BCUT2D eigenvalue weighted by Gasteiger charge is -2.35. The van der Waals surface area contributed by atoms with Gasteiger partial charge in [0.2, 0.25) is 0 Å². The largest absolute Gasteiger partial charge is 0.329 e. The van der Waals surface area contributed by atoms with E-state index in [2.05, 4.69) is 35.4 Å². The number of halogens is 1. The molecular weight excluding hydrogens is 260 g/mol. The van der Waals surface area contributed by atoms with E-state index >= 15 is 0 Å². The van der Waals surface area contributed by atoms with Crippen LogP contribution in [0.4, 0.5) is 0 Å². The van der Waals surface area contributed by atoms with Gasteiger partial charge in [0.15, 0.2) is 0 Å². The number of hydrazine groups is 1. The van der Waals surface area contributed by atoms with Crippen LogP contribution in [0.15, 0.2) is 18.2 Å². The van der Waals surface area contributed by atoms with Gasteiger partial charge in [-0.3, -0.25) is 0 Å². The molecule has 1 fully saturated rings. The van der Waals surface area contributed by atoms with Crippen LogP contribution in [-0.2, 0) is 0 Å². The topological polar surface area (TPSA) is 44.5 Å². The van der Waals surface area contributed by atoms with Crippen molar-refractivity contribution < 1.29 is 0 Å². The third kappa shape index (κ3) is 3.91. The third-order valence-electron chi connectivity index (χ3n) is 3.68. The van der Waals surface area contributed by atoms with Crippen molar-refractivity contribution in [2.75, 3.05) is 39.8 Å². The maximum Gasteiger partial charge on any atom is 0.0589 e. The van der Waals surface area contributed by atoms with Gasteiger partial charge in [-0.1, -0.05) is 17.7 Å². The van der Waals surface area contributed by atoms with Crippen LogP contribution in [0.2, 0.25) is 5.02 Å². The minimum absolute atomic E-state index is 0.153. The summed E-state index contributed by atoms with van der Waals surface area (Å²) < 4.78 is 0. The van der Waals surface area contributed by atoms with Gasteiger partial charge in [-0.25, -0.2) is 10.4 Å². The van der Waals surface area contributed by atoms with Crippen molar-refractivity contribution in [3.63, 3.8) is 0 Å². The second-order valence-electron chi connectivity index (χ2n) is 5.21. The Bertz CT molecular complexity index is 416. The van der Waals surface area contributed by atoms with E-state index in [0.717, 1.165) is 31.2 Å². The van der Waals surface area contributed by atoms with Crippen LogP contribution in [0.25, 0.3) is 0 Å².